The molecule has 0 amide bonds. The highest BCUT2D eigenvalue weighted by molar-refractivity contribution is 5.94. The van der Waals surface area contributed by atoms with Crippen LogP contribution in [-0.4, -0.2) is 31.7 Å². The Morgan fingerprint density at radius 1 is 0.419 bits per heavy atom. The summed E-state index contributed by atoms with van der Waals surface area (Å²) in [7, 11) is 0. The first-order valence-electron chi connectivity index (χ1n) is 19.2. The third-order valence-corrected chi connectivity index (χ3v) is 8.75. The average molecular weight is 610 g/mol. The summed E-state index contributed by atoms with van der Waals surface area (Å²) >= 11 is 0. The van der Waals surface area contributed by atoms with E-state index in [0.29, 0.717) is 19.6 Å². The monoisotopic (exact) mass is 610 g/mol. The molecule has 5 nitrogen and oxygen atoms in total. The van der Waals surface area contributed by atoms with Crippen LogP contribution in [0.3, 0.4) is 0 Å². The van der Waals surface area contributed by atoms with Crippen LogP contribution in [0, 0.1) is 5.92 Å². The molecule has 5 heteroatoms. The van der Waals surface area contributed by atoms with Crippen molar-refractivity contribution in [1.82, 2.24) is 0 Å². The SMILES string of the molecule is CCCCCCCCCCCCCCCCOC(=O)C(CCCCCCCCCN)C(=O)OCCCCCCCCCC. The van der Waals surface area contributed by atoms with Crippen molar-refractivity contribution in [1.29, 1.82) is 0 Å². The fraction of sp³-hybridized carbons (Fsp3) is 0.947. The molecule has 0 aliphatic rings. The third-order valence-electron chi connectivity index (χ3n) is 8.75. The van der Waals surface area contributed by atoms with E-state index < -0.39 is 5.92 Å². The Morgan fingerprint density at radius 3 is 1.02 bits per heavy atom. The van der Waals surface area contributed by atoms with Gasteiger partial charge in [0.05, 0.1) is 13.2 Å². The Hall–Kier alpha value is -1.10. The summed E-state index contributed by atoms with van der Waals surface area (Å²) in [5, 5.41) is 0. The van der Waals surface area contributed by atoms with Crippen LogP contribution in [-0.2, 0) is 19.1 Å². The largest absolute Gasteiger partial charge is 0.465 e. The molecule has 0 saturated heterocycles. The number of unbranched alkanes of at least 4 members (excludes halogenated alkanes) is 26. The van der Waals surface area contributed by atoms with Crippen molar-refractivity contribution in [2.45, 2.75) is 206 Å². The normalized spacial score (nSPS) is 12.0. The average Bonchev–Trinajstić information content (AvgIpc) is 3.01. The third kappa shape index (κ3) is 30.7. The van der Waals surface area contributed by atoms with Gasteiger partial charge in [-0.2, -0.15) is 0 Å². The minimum Gasteiger partial charge on any atom is -0.465 e. The maximum absolute atomic E-state index is 12.9. The molecule has 0 radical (unpaired) electrons. The molecule has 0 rings (SSSR count). The maximum atomic E-state index is 12.9. The van der Waals surface area contributed by atoms with E-state index >= 15 is 0 Å². The lowest BCUT2D eigenvalue weighted by Crippen LogP contribution is -2.28. The van der Waals surface area contributed by atoms with Crippen molar-refractivity contribution in [3.8, 4) is 0 Å². The van der Waals surface area contributed by atoms with Gasteiger partial charge in [-0.05, 0) is 32.2 Å². The molecule has 256 valence electrons. The van der Waals surface area contributed by atoms with Crippen molar-refractivity contribution < 1.29 is 19.1 Å². The first kappa shape index (κ1) is 41.9. The Labute approximate surface area is 268 Å². The number of carbonyl (C=O) groups is 2. The van der Waals surface area contributed by atoms with E-state index in [4.69, 9.17) is 15.2 Å². The summed E-state index contributed by atoms with van der Waals surface area (Å²) < 4.78 is 11.2. The van der Waals surface area contributed by atoms with Crippen molar-refractivity contribution >= 4 is 11.9 Å². The Bertz CT molecular complexity index is 582. The number of hydrogen-bond donors (Lipinski definition) is 1. The van der Waals surface area contributed by atoms with Gasteiger partial charge in [0.15, 0.2) is 5.92 Å². The second-order valence-electron chi connectivity index (χ2n) is 13.0. The van der Waals surface area contributed by atoms with Crippen molar-refractivity contribution in [2.24, 2.45) is 11.7 Å². The fourth-order valence-electron chi connectivity index (χ4n) is 5.79. The van der Waals surface area contributed by atoms with Gasteiger partial charge in [-0.15, -0.1) is 0 Å². The molecule has 0 aliphatic heterocycles. The van der Waals surface area contributed by atoms with Crippen LogP contribution in [0.5, 0.6) is 0 Å². The predicted octanol–water partition coefficient (Wildman–Crippen LogP) is 11.4. The Balaban J connectivity index is 4.12. The summed E-state index contributed by atoms with van der Waals surface area (Å²) in [4.78, 5) is 25.7. The van der Waals surface area contributed by atoms with Crippen LogP contribution < -0.4 is 5.73 Å². The van der Waals surface area contributed by atoms with Gasteiger partial charge < -0.3 is 15.2 Å². The minimum absolute atomic E-state index is 0.376. The first-order valence-corrected chi connectivity index (χ1v) is 19.2. The van der Waals surface area contributed by atoms with Crippen LogP contribution in [0.4, 0.5) is 0 Å². The molecule has 0 heterocycles. The molecule has 0 aliphatic carbocycles. The van der Waals surface area contributed by atoms with Gasteiger partial charge in [0.25, 0.3) is 0 Å². The molecule has 0 bridgehead atoms. The van der Waals surface area contributed by atoms with E-state index in [1.807, 2.05) is 0 Å². The molecule has 0 aromatic rings. The van der Waals surface area contributed by atoms with Gasteiger partial charge in [-0.3, -0.25) is 9.59 Å². The molecule has 0 spiro atoms. The van der Waals surface area contributed by atoms with E-state index in [9.17, 15) is 9.59 Å². The van der Waals surface area contributed by atoms with Crippen LogP contribution in [0.15, 0.2) is 0 Å². The van der Waals surface area contributed by atoms with E-state index in [1.54, 1.807) is 0 Å². The second kappa shape index (κ2) is 35.4. The van der Waals surface area contributed by atoms with E-state index in [-0.39, 0.29) is 11.9 Å². The molecule has 0 fully saturated rings. The molecule has 0 saturated carbocycles. The topological polar surface area (TPSA) is 78.6 Å². The van der Waals surface area contributed by atoms with Crippen LogP contribution >= 0.6 is 0 Å². The molecule has 43 heavy (non-hydrogen) atoms. The molecule has 1 atom stereocenters. The molecular formula is C38H75NO4. The van der Waals surface area contributed by atoms with Gasteiger partial charge >= 0.3 is 11.9 Å². The first-order chi connectivity index (χ1) is 21.2. The van der Waals surface area contributed by atoms with Crippen molar-refractivity contribution in [3.63, 3.8) is 0 Å². The van der Waals surface area contributed by atoms with E-state index in [1.165, 1.54) is 135 Å². The maximum Gasteiger partial charge on any atom is 0.320 e. The summed E-state index contributed by atoms with van der Waals surface area (Å²) in [6.45, 7) is 6.11. The highest BCUT2D eigenvalue weighted by atomic mass is 16.6. The Kier molecular flexibility index (Phi) is 34.5. The summed E-state index contributed by atoms with van der Waals surface area (Å²) in [6, 6.07) is 0. The van der Waals surface area contributed by atoms with Crippen molar-refractivity contribution in [2.75, 3.05) is 19.8 Å². The van der Waals surface area contributed by atoms with Gasteiger partial charge in [-0.25, -0.2) is 0 Å². The summed E-state index contributed by atoms with van der Waals surface area (Å²) in [5.74, 6) is -1.52. The number of esters is 2. The molecule has 0 aromatic carbocycles. The van der Waals surface area contributed by atoms with Crippen LogP contribution in [0.2, 0.25) is 0 Å². The van der Waals surface area contributed by atoms with E-state index in [2.05, 4.69) is 13.8 Å². The summed E-state index contributed by atoms with van der Waals surface area (Å²) in [6.07, 6.45) is 36.1. The second-order valence-corrected chi connectivity index (χ2v) is 13.0. The Morgan fingerprint density at radius 2 is 0.698 bits per heavy atom. The minimum atomic E-state index is -0.766. The lowest BCUT2D eigenvalue weighted by atomic mass is 10.00. The molecule has 1 unspecified atom stereocenters. The van der Waals surface area contributed by atoms with Crippen LogP contribution in [0.1, 0.15) is 206 Å². The number of carbonyl (C=O) groups excluding carboxylic acids is 2. The smallest absolute Gasteiger partial charge is 0.320 e. The van der Waals surface area contributed by atoms with Crippen LogP contribution in [0.25, 0.3) is 0 Å². The predicted molar refractivity (Wildman–Crippen MR) is 184 cm³/mol. The quantitative estimate of drug-likeness (QED) is 0.0439. The molecule has 0 aromatic heterocycles. The number of ether oxygens (including phenoxy) is 2. The zero-order chi connectivity index (χ0) is 31.5. The summed E-state index contributed by atoms with van der Waals surface area (Å²) in [5.41, 5.74) is 5.58. The van der Waals surface area contributed by atoms with Crippen molar-refractivity contribution in [3.05, 3.63) is 0 Å². The number of rotatable bonds is 35. The lowest BCUT2D eigenvalue weighted by molar-refractivity contribution is -0.162. The highest BCUT2D eigenvalue weighted by Crippen LogP contribution is 2.18. The van der Waals surface area contributed by atoms with Gasteiger partial charge in [0.2, 0.25) is 0 Å². The zero-order valence-electron chi connectivity index (χ0n) is 29.1. The van der Waals surface area contributed by atoms with Gasteiger partial charge in [0.1, 0.15) is 0 Å². The fourth-order valence-corrected chi connectivity index (χ4v) is 5.79. The number of hydrogen-bond acceptors (Lipinski definition) is 5. The molecular weight excluding hydrogens is 534 g/mol. The zero-order valence-corrected chi connectivity index (χ0v) is 29.1. The lowest BCUT2D eigenvalue weighted by Gasteiger charge is -2.15. The van der Waals surface area contributed by atoms with E-state index in [0.717, 1.165) is 57.9 Å². The van der Waals surface area contributed by atoms with Gasteiger partial charge in [0, 0.05) is 0 Å². The molecule has 2 N–H and O–H groups in total. The van der Waals surface area contributed by atoms with Gasteiger partial charge in [-0.1, -0.05) is 181 Å². The standard InChI is InChI=1S/C38H75NO4/c1-3-5-7-9-11-13-14-15-16-17-18-23-27-31-35-43-38(41)36(32-28-24-20-19-21-25-29-33-39)37(40)42-34-30-26-22-12-10-8-6-4-2/h36H,3-35,39H2,1-2H3. The number of nitrogens with two attached hydrogens (primary N) is 1. The highest BCUT2D eigenvalue weighted by Gasteiger charge is 2.29.